The number of nitriles is 1. The van der Waals surface area contributed by atoms with E-state index in [1.54, 1.807) is 31.2 Å². The van der Waals surface area contributed by atoms with Crippen LogP contribution in [-0.2, 0) is 0 Å². The Bertz CT molecular complexity index is 954. The number of carboxylic acid groups (broad SMARTS) is 1. The van der Waals surface area contributed by atoms with Gasteiger partial charge in [0.2, 0.25) is 0 Å². The second-order valence-corrected chi connectivity index (χ2v) is 5.78. The molecule has 5 nitrogen and oxygen atoms in total. The third-order valence-electron chi connectivity index (χ3n) is 3.29. The highest BCUT2D eigenvalue weighted by Gasteiger charge is 2.16. The highest BCUT2D eigenvalue weighted by Crippen LogP contribution is 2.33. The molecule has 3 rings (SSSR count). The Labute approximate surface area is 129 Å². The van der Waals surface area contributed by atoms with Gasteiger partial charge in [-0.05, 0) is 48.0 Å². The Balaban J connectivity index is 2.25. The molecule has 0 fully saturated rings. The van der Waals surface area contributed by atoms with Crippen LogP contribution in [0.5, 0.6) is 5.75 Å². The van der Waals surface area contributed by atoms with E-state index in [1.807, 2.05) is 0 Å². The smallest absolute Gasteiger partial charge is 0.347 e. The predicted molar refractivity (Wildman–Crippen MR) is 83.1 cm³/mol. The largest absolute Gasteiger partial charge is 0.508 e. The summed E-state index contributed by atoms with van der Waals surface area (Å²) in [6.45, 7) is 1.64. The van der Waals surface area contributed by atoms with Crippen molar-refractivity contribution >= 4 is 28.1 Å². The van der Waals surface area contributed by atoms with Gasteiger partial charge in [-0.15, -0.1) is 11.3 Å². The lowest BCUT2D eigenvalue weighted by molar-refractivity contribution is 0.0701. The number of aryl methyl sites for hydroxylation is 1. The topological polar surface area (TPSA) is 94.2 Å². The van der Waals surface area contributed by atoms with Crippen molar-refractivity contribution in [1.82, 2.24) is 4.98 Å². The normalized spacial score (nSPS) is 10.5. The molecule has 0 aliphatic carbocycles. The fourth-order valence-electron chi connectivity index (χ4n) is 2.29. The molecule has 1 heterocycles. The van der Waals surface area contributed by atoms with Crippen molar-refractivity contribution in [3.63, 3.8) is 0 Å². The van der Waals surface area contributed by atoms with Gasteiger partial charge in [0.25, 0.3) is 0 Å². The monoisotopic (exact) mass is 310 g/mol. The van der Waals surface area contributed by atoms with E-state index in [2.05, 4.69) is 11.1 Å². The van der Waals surface area contributed by atoms with E-state index in [9.17, 15) is 15.2 Å². The van der Waals surface area contributed by atoms with Gasteiger partial charge in [-0.2, -0.15) is 5.26 Å². The number of rotatable bonds is 2. The molecule has 0 spiro atoms. The highest BCUT2D eigenvalue weighted by molar-refractivity contribution is 7.17. The van der Waals surface area contributed by atoms with Crippen LogP contribution >= 0.6 is 11.3 Å². The summed E-state index contributed by atoms with van der Waals surface area (Å²) < 4.78 is 0. The fraction of sp³-hybridized carbons (Fsp3) is 0.0625. The minimum Gasteiger partial charge on any atom is -0.508 e. The molecule has 0 amide bonds. The second kappa shape index (κ2) is 5.13. The summed E-state index contributed by atoms with van der Waals surface area (Å²) in [5.74, 6) is -0.907. The quantitative estimate of drug-likeness (QED) is 0.755. The van der Waals surface area contributed by atoms with Gasteiger partial charge in [-0.3, -0.25) is 0 Å². The fourth-order valence-corrected chi connectivity index (χ4v) is 3.18. The number of benzene rings is 2. The van der Waals surface area contributed by atoms with Crippen molar-refractivity contribution in [2.24, 2.45) is 0 Å². The number of nitrogens with zero attached hydrogens (tertiary/aromatic N) is 2. The molecule has 0 radical (unpaired) electrons. The number of aromatic hydroxyl groups is 1. The van der Waals surface area contributed by atoms with Gasteiger partial charge in [0, 0.05) is 5.56 Å². The van der Waals surface area contributed by atoms with Crippen LogP contribution in [0.25, 0.3) is 21.3 Å². The molecule has 0 aliphatic heterocycles. The molecule has 0 atom stereocenters. The van der Waals surface area contributed by atoms with Gasteiger partial charge in [-0.25, -0.2) is 9.78 Å². The molecule has 108 valence electrons. The number of aromatic carboxylic acids is 1. The number of aromatic nitrogens is 1. The van der Waals surface area contributed by atoms with Gasteiger partial charge in [0.05, 0.1) is 17.3 Å². The first kappa shape index (κ1) is 14.0. The number of carboxylic acids is 1. The predicted octanol–water partition coefficient (Wildman–Crippen LogP) is 3.55. The van der Waals surface area contributed by atoms with Crippen molar-refractivity contribution in [3.8, 4) is 22.4 Å². The SMILES string of the molecule is Cc1nc(-c2cc(C#N)c3ccc(O)cc3c2)sc1C(=O)O. The van der Waals surface area contributed by atoms with E-state index < -0.39 is 5.97 Å². The Morgan fingerprint density at radius 3 is 2.73 bits per heavy atom. The van der Waals surface area contributed by atoms with Gasteiger partial charge in [0.1, 0.15) is 15.6 Å². The summed E-state index contributed by atoms with van der Waals surface area (Å²) in [6, 6.07) is 10.4. The van der Waals surface area contributed by atoms with Crippen LogP contribution in [0.3, 0.4) is 0 Å². The number of thiazole rings is 1. The lowest BCUT2D eigenvalue weighted by Gasteiger charge is -2.04. The van der Waals surface area contributed by atoms with Gasteiger partial charge in [0.15, 0.2) is 0 Å². The minimum absolute atomic E-state index is 0.107. The van der Waals surface area contributed by atoms with Gasteiger partial charge in [-0.1, -0.05) is 0 Å². The highest BCUT2D eigenvalue weighted by atomic mass is 32.1. The maximum atomic E-state index is 11.1. The Kier molecular flexibility index (Phi) is 3.28. The molecule has 3 aromatic rings. The molecule has 0 unspecified atom stereocenters. The van der Waals surface area contributed by atoms with Crippen LogP contribution in [0.2, 0.25) is 0 Å². The molecular weight excluding hydrogens is 300 g/mol. The molecule has 0 aliphatic rings. The molecule has 1 aromatic heterocycles. The third-order valence-corrected chi connectivity index (χ3v) is 4.49. The minimum atomic E-state index is -1.01. The summed E-state index contributed by atoms with van der Waals surface area (Å²) in [6.07, 6.45) is 0. The van der Waals surface area contributed by atoms with E-state index in [4.69, 9.17) is 5.11 Å². The third kappa shape index (κ3) is 2.28. The van der Waals surface area contributed by atoms with Crippen LogP contribution in [0.1, 0.15) is 20.9 Å². The van der Waals surface area contributed by atoms with Crippen LogP contribution in [-0.4, -0.2) is 21.2 Å². The van der Waals surface area contributed by atoms with Gasteiger partial charge >= 0.3 is 5.97 Å². The number of fused-ring (bicyclic) bond motifs is 1. The zero-order valence-electron chi connectivity index (χ0n) is 11.5. The van der Waals surface area contributed by atoms with Crippen LogP contribution in [0.4, 0.5) is 0 Å². The van der Waals surface area contributed by atoms with E-state index in [1.165, 1.54) is 6.07 Å². The number of phenols is 1. The maximum absolute atomic E-state index is 11.1. The Morgan fingerprint density at radius 2 is 2.09 bits per heavy atom. The van der Waals surface area contributed by atoms with Crippen molar-refractivity contribution in [2.75, 3.05) is 0 Å². The Morgan fingerprint density at radius 1 is 1.32 bits per heavy atom. The molecule has 2 aromatic carbocycles. The summed E-state index contributed by atoms with van der Waals surface area (Å²) in [5, 5.41) is 30.0. The van der Waals surface area contributed by atoms with Crippen LogP contribution < -0.4 is 0 Å². The number of phenolic OH excluding ortho intramolecular Hbond substituents is 1. The lowest BCUT2D eigenvalue weighted by atomic mass is 10.0. The average Bonchev–Trinajstić information content (AvgIpc) is 2.87. The molecule has 2 N–H and O–H groups in total. The van der Waals surface area contributed by atoms with Crippen molar-refractivity contribution in [2.45, 2.75) is 6.92 Å². The van der Waals surface area contributed by atoms with E-state index in [0.717, 1.165) is 16.7 Å². The number of carbonyl (C=O) groups is 1. The molecule has 0 saturated carbocycles. The molecule has 0 bridgehead atoms. The summed E-state index contributed by atoms with van der Waals surface area (Å²) in [7, 11) is 0. The van der Waals surface area contributed by atoms with E-state index in [-0.39, 0.29) is 10.6 Å². The molecule has 22 heavy (non-hydrogen) atoms. The van der Waals surface area contributed by atoms with Gasteiger partial charge < -0.3 is 10.2 Å². The zero-order valence-corrected chi connectivity index (χ0v) is 12.3. The molecule has 6 heteroatoms. The summed E-state index contributed by atoms with van der Waals surface area (Å²) in [4.78, 5) is 15.6. The summed E-state index contributed by atoms with van der Waals surface area (Å²) >= 11 is 1.07. The molecular formula is C16H10N2O3S. The van der Waals surface area contributed by atoms with Crippen molar-refractivity contribution < 1.29 is 15.0 Å². The number of hydrogen-bond acceptors (Lipinski definition) is 5. The first-order valence-electron chi connectivity index (χ1n) is 6.37. The average molecular weight is 310 g/mol. The van der Waals surface area contributed by atoms with Crippen molar-refractivity contribution in [1.29, 1.82) is 5.26 Å². The lowest BCUT2D eigenvalue weighted by Crippen LogP contribution is -1.94. The van der Waals surface area contributed by atoms with E-state index >= 15 is 0 Å². The Hall–Kier alpha value is -2.91. The number of hydrogen-bond donors (Lipinski definition) is 2. The van der Waals surface area contributed by atoms with Crippen LogP contribution in [0, 0.1) is 18.3 Å². The second-order valence-electron chi connectivity index (χ2n) is 4.78. The van der Waals surface area contributed by atoms with Crippen molar-refractivity contribution in [3.05, 3.63) is 46.5 Å². The maximum Gasteiger partial charge on any atom is 0.347 e. The molecule has 0 saturated heterocycles. The first-order valence-corrected chi connectivity index (χ1v) is 7.19. The summed E-state index contributed by atoms with van der Waals surface area (Å²) in [5.41, 5.74) is 1.56. The standard InChI is InChI=1S/C16H10N2O3S/c1-8-14(16(20)21)22-15(18-8)10-4-9-6-12(19)2-3-13(9)11(5-10)7-17/h2-6,19H,1H3,(H,20,21). The first-order chi connectivity index (χ1) is 10.5. The van der Waals surface area contributed by atoms with E-state index in [0.29, 0.717) is 27.2 Å². The zero-order chi connectivity index (χ0) is 15.9. The van der Waals surface area contributed by atoms with Crippen LogP contribution in [0.15, 0.2) is 30.3 Å².